The van der Waals surface area contributed by atoms with Gasteiger partial charge in [0.2, 0.25) is 0 Å². The summed E-state index contributed by atoms with van der Waals surface area (Å²) in [4.78, 5) is 37.9. The van der Waals surface area contributed by atoms with Gasteiger partial charge in [-0.1, -0.05) is 197 Å². The van der Waals surface area contributed by atoms with Crippen molar-refractivity contribution in [3.8, 4) is 0 Å². The molecule has 340 valence electrons. The molecule has 0 aliphatic heterocycles. The number of carbonyl (C=O) groups is 3. The molecular weight excluding hydrogens is 733 g/mol. The van der Waals surface area contributed by atoms with Crippen molar-refractivity contribution in [3.63, 3.8) is 0 Å². The Morgan fingerprint density at radius 2 is 0.661 bits per heavy atom. The number of esters is 3. The SMILES string of the molecule is CC/C=C\C/C=C\C/C=C\C/C=C\CCCCC(=O)O[C@H](COC(=O)CCCCCCC/C=C\CCCCCC)COC(=O)CCCCCCCCCCCCCCC. The summed E-state index contributed by atoms with van der Waals surface area (Å²) in [6, 6.07) is 0. The molecule has 0 bridgehead atoms. The molecule has 0 fully saturated rings. The number of unbranched alkanes of at least 4 members (excludes halogenated alkanes) is 23. The lowest BCUT2D eigenvalue weighted by atomic mass is 10.0. The van der Waals surface area contributed by atoms with Crippen LogP contribution in [0.15, 0.2) is 60.8 Å². The molecule has 6 heteroatoms. The van der Waals surface area contributed by atoms with Crippen LogP contribution in [0.1, 0.15) is 239 Å². The predicted octanol–water partition coefficient (Wildman–Crippen LogP) is 16.1. The van der Waals surface area contributed by atoms with E-state index >= 15 is 0 Å². The molecule has 0 spiro atoms. The standard InChI is InChI=1S/C53H92O6/c1-4-7-10-13-16-19-22-25-26-29-32-35-38-41-44-47-53(56)59-50(48-57-51(54)45-42-39-36-33-30-27-23-20-17-14-11-8-5-2)49-58-52(55)46-43-40-37-34-31-28-24-21-18-15-12-9-6-3/h7,10,16,19-20,23,25-26,32,35,50H,4-6,8-9,11-15,17-18,21-22,24,27-31,33-34,36-49H2,1-3H3/b10-7-,19-16-,23-20-,26-25-,35-32-/t50-/m1/s1. The number of hydrogen-bond donors (Lipinski definition) is 0. The highest BCUT2D eigenvalue weighted by atomic mass is 16.6. The van der Waals surface area contributed by atoms with Crippen molar-refractivity contribution in [1.82, 2.24) is 0 Å². The first kappa shape index (κ1) is 56.1. The minimum atomic E-state index is -0.795. The van der Waals surface area contributed by atoms with Crippen molar-refractivity contribution in [2.45, 2.75) is 245 Å². The topological polar surface area (TPSA) is 78.9 Å². The molecule has 0 radical (unpaired) electrons. The summed E-state index contributed by atoms with van der Waals surface area (Å²) in [7, 11) is 0. The second kappa shape index (κ2) is 47.8. The lowest BCUT2D eigenvalue weighted by Gasteiger charge is -2.18. The molecule has 0 aromatic heterocycles. The molecule has 0 amide bonds. The van der Waals surface area contributed by atoms with Gasteiger partial charge in [-0.25, -0.2) is 0 Å². The van der Waals surface area contributed by atoms with Gasteiger partial charge < -0.3 is 14.2 Å². The Balaban J connectivity index is 4.46. The van der Waals surface area contributed by atoms with Gasteiger partial charge in [0.25, 0.3) is 0 Å². The highest BCUT2D eigenvalue weighted by Crippen LogP contribution is 2.14. The molecule has 0 aliphatic carbocycles. The molecule has 1 atom stereocenters. The molecule has 0 unspecified atom stereocenters. The maximum Gasteiger partial charge on any atom is 0.306 e. The molecule has 59 heavy (non-hydrogen) atoms. The Hall–Kier alpha value is -2.89. The summed E-state index contributed by atoms with van der Waals surface area (Å²) >= 11 is 0. The van der Waals surface area contributed by atoms with Gasteiger partial charge in [-0.05, 0) is 83.5 Å². The van der Waals surface area contributed by atoms with E-state index in [9.17, 15) is 14.4 Å². The molecular formula is C53H92O6. The maximum absolute atomic E-state index is 12.8. The quantitative estimate of drug-likeness (QED) is 0.0263. The van der Waals surface area contributed by atoms with Crippen molar-refractivity contribution in [2.75, 3.05) is 13.2 Å². The third-order valence-corrected chi connectivity index (χ3v) is 10.5. The van der Waals surface area contributed by atoms with Crippen molar-refractivity contribution < 1.29 is 28.6 Å². The first-order valence-corrected chi connectivity index (χ1v) is 24.8. The normalized spacial score (nSPS) is 12.5. The molecule has 0 rings (SSSR count). The Morgan fingerprint density at radius 1 is 0.356 bits per heavy atom. The largest absolute Gasteiger partial charge is 0.462 e. The Bertz CT molecular complexity index is 1090. The van der Waals surface area contributed by atoms with E-state index in [1.807, 2.05) is 0 Å². The highest BCUT2D eigenvalue weighted by molar-refractivity contribution is 5.71. The van der Waals surface area contributed by atoms with Gasteiger partial charge in [0.05, 0.1) is 0 Å². The molecule has 0 aromatic rings. The number of rotatable bonds is 44. The number of allylic oxidation sites excluding steroid dienone is 10. The molecule has 0 saturated carbocycles. The first-order chi connectivity index (χ1) is 29.0. The lowest BCUT2D eigenvalue weighted by molar-refractivity contribution is -0.167. The van der Waals surface area contributed by atoms with E-state index in [1.54, 1.807) is 0 Å². The Morgan fingerprint density at radius 3 is 1.10 bits per heavy atom. The summed E-state index contributed by atoms with van der Waals surface area (Å²) in [5.74, 6) is -0.941. The van der Waals surface area contributed by atoms with Gasteiger partial charge in [0.1, 0.15) is 13.2 Å². The van der Waals surface area contributed by atoms with Crippen molar-refractivity contribution in [2.24, 2.45) is 0 Å². The monoisotopic (exact) mass is 825 g/mol. The van der Waals surface area contributed by atoms with Crippen molar-refractivity contribution in [3.05, 3.63) is 60.8 Å². The van der Waals surface area contributed by atoms with Crippen LogP contribution < -0.4 is 0 Å². The molecule has 0 aliphatic rings. The Labute approximate surface area is 364 Å². The van der Waals surface area contributed by atoms with Crippen molar-refractivity contribution in [1.29, 1.82) is 0 Å². The van der Waals surface area contributed by atoms with Crippen LogP contribution in [0, 0.1) is 0 Å². The van der Waals surface area contributed by atoms with Gasteiger partial charge in [0, 0.05) is 19.3 Å². The average Bonchev–Trinajstić information content (AvgIpc) is 3.23. The fraction of sp³-hybridized carbons (Fsp3) is 0.755. The van der Waals surface area contributed by atoms with E-state index in [2.05, 4.69) is 81.5 Å². The van der Waals surface area contributed by atoms with E-state index < -0.39 is 6.10 Å². The molecule has 0 saturated heterocycles. The minimum absolute atomic E-state index is 0.0918. The smallest absolute Gasteiger partial charge is 0.306 e. The van der Waals surface area contributed by atoms with Gasteiger partial charge in [-0.3, -0.25) is 14.4 Å². The van der Waals surface area contributed by atoms with Gasteiger partial charge in [0.15, 0.2) is 6.10 Å². The Kier molecular flexibility index (Phi) is 45.4. The summed E-state index contributed by atoms with van der Waals surface area (Å²) in [6.45, 7) is 6.46. The first-order valence-electron chi connectivity index (χ1n) is 24.8. The number of ether oxygens (including phenoxy) is 3. The zero-order chi connectivity index (χ0) is 43.0. The summed E-state index contributed by atoms with van der Waals surface area (Å²) in [5, 5.41) is 0. The second-order valence-corrected chi connectivity index (χ2v) is 16.3. The van der Waals surface area contributed by atoms with Crippen LogP contribution >= 0.6 is 0 Å². The van der Waals surface area contributed by atoms with E-state index in [0.29, 0.717) is 19.3 Å². The van der Waals surface area contributed by atoms with Crippen LogP contribution in [-0.4, -0.2) is 37.2 Å². The van der Waals surface area contributed by atoms with Crippen LogP contribution in [0.4, 0.5) is 0 Å². The maximum atomic E-state index is 12.8. The number of carbonyl (C=O) groups excluding carboxylic acids is 3. The fourth-order valence-electron chi connectivity index (χ4n) is 6.78. The van der Waals surface area contributed by atoms with Gasteiger partial charge in [-0.15, -0.1) is 0 Å². The lowest BCUT2D eigenvalue weighted by Crippen LogP contribution is -2.30. The average molecular weight is 825 g/mol. The fourth-order valence-corrected chi connectivity index (χ4v) is 6.78. The molecule has 0 heterocycles. The van der Waals surface area contributed by atoms with Crippen molar-refractivity contribution >= 4 is 17.9 Å². The highest BCUT2D eigenvalue weighted by Gasteiger charge is 2.19. The molecule has 0 N–H and O–H groups in total. The zero-order valence-corrected chi connectivity index (χ0v) is 38.8. The number of hydrogen-bond acceptors (Lipinski definition) is 6. The predicted molar refractivity (Wildman–Crippen MR) is 251 cm³/mol. The zero-order valence-electron chi connectivity index (χ0n) is 38.8. The van der Waals surface area contributed by atoms with Gasteiger partial charge >= 0.3 is 17.9 Å². The third kappa shape index (κ3) is 46.0. The van der Waals surface area contributed by atoms with Crippen LogP contribution in [-0.2, 0) is 28.6 Å². The van der Waals surface area contributed by atoms with Crippen LogP contribution in [0.2, 0.25) is 0 Å². The van der Waals surface area contributed by atoms with Crippen LogP contribution in [0.3, 0.4) is 0 Å². The molecule has 6 nitrogen and oxygen atoms in total. The minimum Gasteiger partial charge on any atom is -0.462 e. The van der Waals surface area contributed by atoms with E-state index in [4.69, 9.17) is 14.2 Å². The van der Waals surface area contributed by atoms with Gasteiger partial charge in [-0.2, -0.15) is 0 Å². The summed E-state index contributed by atoms with van der Waals surface area (Å²) < 4.78 is 16.7. The summed E-state index contributed by atoms with van der Waals surface area (Å²) in [6.07, 6.45) is 57.7. The second-order valence-electron chi connectivity index (χ2n) is 16.3. The van der Waals surface area contributed by atoms with E-state index in [-0.39, 0.29) is 37.5 Å². The van der Waals surface area contributed by atoms with E-state index in [1.165, 1.54) is 109 Å². The van der Waals surface area contributed by atoms with E-state index in [0.717, 1.165) is 83.5 Å². The third-order valence-electron chi connectivity index (χ3n) is 10.5. The summed E-state index contributed by atoms with van der Waals surface area (Å²) in [5.41, 5.74) is 0. The molecule has 0 aromatic carbocycles. The van der Waals surface area contributed by atoms with Crippen LogP contribution in [0.5, 0.6) is 0 Å². The van der Waals surface area contributed by atoms with Crippen LogP contribution in [0.25, 0.3) is 0 Å².